The number of quaternary nitrogens is 1. The van der Waals surface area contributed by atoms with E-state index in [-0.39, 0.29) is 55.5 Å². The van der Waals surface area contributed by atoms with Gasteiger partial charge in [0.2, 0.25) is 0 Å². The maximum atomic E-state index is 12.6. The Labute approximate surface area is 328 Å². The normalized spacial score (nSPS) is 14.0. The van der Waals surface area contributed by atoms with Crippen molar-refractivity contribution in [1.82, 2.24) is 0 Å². The van der Waals surface area contributed by atoms with Crippen molar-refractivity contribution in [3.8, 4) is 0 Å². The van der Waals surface area contributed by atoms with Crippen LogP contribution in [0.4, 0.5) is 0 Å². The van der Waals surface area contributed by atoms with E-state index in [0.29, 0.717) is 12.8 Å². The quantitative estimate of drug-likeness (QED) is 0.0212. The molecule has 0 aromatic carbocycles. The summed E-state index contributed by atoms with van der Waals surface area (Å²) in [5.74, 6) is -1.88. The second-order valence-corrected chi connectivity index (χ2v) is 14.2. The zero-order valence-corrected chi connectivity index (χ0v) is 34.3. The van der Waals surface area contributed by atoms with Crippen molar-refractivity contribution < 1.29 is 38.2 Å². The molecular weight excluding hydrogens is 679 g/mol. The van der Waals surface area contributed by atoms with E-state index in [0.717, 1.165) is 51.4 Å². The lowest BCUT2D eigenvalue weighted by atomic mass is 10.1. The predicted molar refractivity (Wildman–Crippen MR) is 221 cm³/mol. The molecule has 0 aromatic heterocycles. The maximum absolute atomic E-state index is 12.6. The Kier molecular flexibility index (Phi) is 33.7. The molecule has 0 aromatic rings. The summed E-state index contributed by atoms with van der Waals surface area (Å²) >= 11 is 0. The average Bonchev–Trinajstić information content (AvgIpc) is 3.12. The average molecular weight is 752 g/mol. The lowest BCUT2D eigenvalue weighted by Crippen LogP contribution is -2.55. The van der Waals surface area contributed by atoms with Gasteiger partial charge in [0.25, 0.3) is 0 Å². The van der Waals surface area contributed by atoms with E-state index in [1.54, 1.807) is 21.1 Å². The van der Waals surface area contributed by atoms with E-state index in [1.807, 2.05) is 36.5 Å². The number of esters is 2. The predicted octanol–water partition coefficient (Wildman–Crippen LogP) is 9.40. The Hall–Kier alpha value is -3.75. The van der Waals surface area contributed by atoms with E-state index >= 15 is 0 Å². The Morgan fingerprint density at radius 2 is 1.13 bits per heavy atom. The summed E-state index contributed by atoms with van der Waals surface area (Å²) in [6.45, 7) is 4.35. The molecule has 0 N–H and O–H groups in total. The second-order valence-electron chi connectivity index (χ2n) is 14.2. The SMILES string of the molecule is CC/C=C/C=C/C=C/C=C/CCCCCC(=O)OC(COCCC(C(=O)[O-])[N+](C)(C)C)COC(=O)CCC/C=C/C/C=C/C/C=C/C/C=C/CCCCC. The van der Waals surface area contributed by atoms with Crippen molar-refractivity contribution in [3.63, 3.8) is 0 Å². The fourth-order valence-electron chi connectivity index (χ4n) is 5.13. The third-order valence-electron chi connectivity index (χ3n) is 8.30. The Morgan fingerprint density at radius 1 is 0.593 bits per heavy atom. The number of aliphatic carboxylic acids is 1. The van der Waals surface area contributed by atoms with Crippen LogP contribution in [0.25, 0.3) is 0 Å². The summed E-state index contributed by atoms with van der Waals surface area (Å²) in [6, 6.07) is -0.746. The number of likely N-dealkylation sites (N-methyl/N-ethyl adjacent to an activating group) is 1. The smallest absolute Gasteiger partial charge is 0.306 e. The number of carbonyl (C=O) groups excluding carboxylic acids is 3. The summed E-state index contributed by atoms with van der Waals surface area (Å²) in [5.41, 5.74) is 0. The van der Waals surface area contributed by atoms with Gasteiger partial charge >= 0.3 is 11.9 Å². The molecule has 2 unspecified atom stereocenters. The second kappa shape index (κ2) is 36.2. The molecule has 2 atom stereocenters. The van der Waals surface area contributed by atoms with Crippen molar-refractivity contribution in [2.24, 2.45) is 0 Å². The van der Waals surface area contributed by atoms with Crippen LogP contribution < -0.4 is 5.11 Å². The van der Waals surface area contributed by atoms with Gasteiger partial charge in [-0.15, -0.1) is 0 Å². The molecule has 304 valence electrons. The van der Waals surface area contributed by atoms with E-state index in [4.69, 9.17) is 14.2 Å². The zero-order chi connectivity index (χ0) is 40.0. The first-order valence-corrected chi connectivity index (χ1v) is 20.3. The van der Waals surface area contributed by atoms with E-state index in [1.165, 1.54) is 25.7 Å². The van der Waals surface area contributed by atoms with E-state index in [2.05, 4.69) is 74.6 Å². The molecule has 0 saturated heterocycles. The van der Waals surface area contributed by atoms with Crippen molar-refractivity contribution in [2.45, 2.75) is 135 Å². The highest BCUT2D eigenvalue weighted by molar-refractivity contribution is 5.70. The molecule has 0 heterocycles. The number of rotatable bonds is 34. The minimum Gasteiger partial charge on any atom is -0.544 e. The Bertz CT molecular complexity index is 1200. The van der Waals surface area contributed by atoms with Crippen LogP contribution in [-0.4, -0.2) is 75.5 Å². The Balaban J connectivity index is 4.57. The van der Waals surface area contributed by atoms with Crippen LogP contribution in [0.5, 0.6) is 0 Å². The highest BCUT2D eigenvalue weighted by atomic mass is 16.6. The largest absolute Gasteiger partial charge is 0.544 e. The number of carboxylic acid groups (broad SMARTS) is 1. The molecule has 8 nitrogen and oxygen atoms in total. The monoisotopic (exact) mass is 752 g/mol. The highest BCUT2D eigenvalue weighted by Crippen LogP contribution is 2.10. The number of hydrogen-bond acceptors (Lipinski definition) is 7. The van der Waals surface area contributed by atoms with E-state index in [9.17, 15) is 19.5 Å². The van der Waals surface area contributed by atoms with Crippen molar-refractivity contribution in [2.75, 3.05) is 41.0 Å². The standard InChI is InChI=1S/C46H73NO7/c1-6-8-10-12-14-16-18-20-21-22-23-25-26-28-30-32-34-36-44(48)53-41-42(40-52-39-38-43(46(50)51)47(3,4)5)54-45(49)37-35-33-31-29-27-24-19-17-15-13-11-9-7-2/h9,11,13-17,19-21,23-25,27-28,30,42-43H,6-8,10,12,18,22,26,29,31-41H2,1-5H3/b11-9+,15-13+,16-14+,19-17+,21-20+,25-23+,27-24+,30-28+. The molecule has 0 spiro atoms. The molecule has 0 fully saturated rings. The van der Waals surface area contributed by atoms with Gasteiger partial charge in [-0.3, -0.25) is 9.59 Å². The first-order valence-electron chi connectivity index (χ1n) is 20.3. The molecule has 54 heavy (non-hydrogen) atoms. The number of unbranched alkanes of at least 4 members (excludes halogenated alkanes) is 7. The summed E-state index contributed by atoms with van der Waals surface area (Å²) in [6.07, 6.45) is 47.3. The van der Waals surface area contributed by atoms with Crippen LogP contribution in [-0.2, 0) is 28.6 Å². The first kappa shape index (κ1) is 50.2. The van der Waals surface area contributed by atoms with Gasteiger partial charge in [-0.2, -0.15) is 0 Å². The van der Waals surface area contributed by atoms with Crippen molar-refractivity contribution in [1.29, 1.82) is 0 Å². The number of carboxylic acids is 1. The third-order valence-corrected chi connectivity index (χ3v) is 8.30. The highest BCUT2D eigenvalue weighted by Gasteiger charge is 2.25. The van der Waals surface area contributed by atoms with Gasteiger partial charge in [0.1, 0.15) is 12.6 Å². The van der Waals surface area contributed by atoms with Crippen LogP contribution in [0.3, 0.4) is 0 Å². The molecule has 0 bridgehead atoms. The summed E-state index contributed by atoms with van der Waals surface area (Å²) in [4.78, 5) is 36.7. The molecule has 0 aliphatic carbocycles. The van der Waals surface area contributed by atoms with Gasteiger partial charge in [-0.25, -0.2) is 0 Å². The Morgan fingerprint density at radius 3 is 1.72 bits per heavy atom. The minimum absolute atomic E-state index is 0.000538. The molecule has 8 heteroatoms. The van der Waals surface area contributed by atoms with Crippen LogP contribution in [0, 0.1) is 0 Å². The number of carbonyl (C=O) groups is 3. The van der Waals surface area contributed by atoms with Gasteiger partial charge in [0.05, 0.1) is 40.3 Å². The van der Waals surface area contributed by atoms with Gasteiger partial charge in [0, 0.05) is 19.3 Å². The molecule has 0 saturated carbocycles. The van der Waals surface area contributed by atoms with Crippen LogP contribution in [0.1, 0.15) is 123 Å². The topological polar surface area (TPSA) is 102 Å². The molecule has 0 aliphatic rings. The zero-order valence-electron chi connectivity index (χ0n) is 34.3. The molecule has 0 radical (unpaired) electrons. The number of hydrogen-bond donors (Lipinski definition) is 0. The van der Waals surface area contributed by atoms with Gasteiger partial charge in [-0.1, -0.05) is 130 Å². The molecule has 0 amide bonds. The number of nitrogens with zero attached hydrogens (tertiary/aromatic N) is 1. The van der Waals surface area contributed by atoms with Gasteiger partial charge in [0.15, 0.2) is 6.10 Å². The lowest BCUT2D eigenvalue weighted by Gasteiger charge is -2.34. The van der Waals surface area contributed by atoms with Gasteiger partial charge < -0.3 is 28.6 Å². The molecular formula is C46H73NO7. The molecule has 0 aliphatic heterocycles. The lowest BCUT2D eigenvalue weighted by molar-refractivity contribution is -0.889. The van der Waals surface area contributed by atoms with Gasteiger partial charge in [-0.05, 0) is 70.6 Å². The van der Waals surface area contributed by atoms with Crippen LogP contribution in [0.2, 0.25) is 0 Å². The minimum atomic E-state index is -1.14. The summed E-state index contributed by atoms with van der Waals surface area (Å²) in [5, 5.41) is 11.6. The maximum Gasteiger partial charge on any atom is 0.306 e. The number of ether oxygens (including phenoxy) is 3. The van der Waals surface area contributed by atoms with Crippen LogP contribution in [0.15, 0.2) is 97.2 Å². The third kappa shape index (κ3) is 34.0. The van der Waals surface area contributed by atoms with Crippen molar-refractivity contribution in [3.05, 3.63) is 97.2 Å². The van der Waals surface area contributed by atoms with Crippen LogP contribution >= 0.6 is 0 Å². The fourth-order valence-corrected chi connectivity index (χ4v) is 5.13. The fraction of sp³-hybridized carbons (Fsp3) is 0.587. The van der Waals surface area contributed by atoms with E-state index < -0.39 is 18.1 Å². The number of allylic oxidation sites excluding steroid dienone is 16. The first-order chi connectivity index (χ1) is 26.1. The summed E-state index contributed by atoms with van der Waals surface area (Å²) < 4.78 is 17.0. The molecule has 0 rings (SSSR count). The van der Waals surface area contributed by atoms with Crippen molar-refractivity contribution >= 4 is 17.9 Å². The summed E-state index contributed by atoms with van der Waals surface area (Å²) in [7, 11) is 5.35.